The first-order valence-electron chi connectivity index (χ1n) is 7.38. The van der Waals surface area contributed by atoms with Crippen molar-refractivity contribution >= 4 is 5.91 Å². The Kier molecular flexibility index (Phi) is 3.76. The molecule has 6 nitrogen and oxygen atoms in total. The third-order valence-corrected chi connectivity index (χ3v) is 4.44. The van der Waals surface area contributed by atoms with Crippen molar-refractivity contribution in [2.24, 2.45) is 0 Å². The number of carbonyl (C=O) groups is 1. The Morgan fingerprint density at radius 3 is 2.65 bits per heavy atom. The highest BCUT2D eigenvalue weighted by Gasteiger charge is 2.33. The first kappa shape index (κ1) is 13.6. The Bertz CT molecular complexity index is 479. The number of aromatic nitrogens is 2. The van der Waals surface area contributed by atoms with Crippen molar-refractivity contribution in [3.63, 3.8) is 0 Å². The van der Waals surface area contributed by atoms with Gasteiger partial charge in [-0.1, -0.05) is 0 Å². The number of nitrogens with one attached hydrogen (secondary N) is 1. The summed E-state index contributed by atoms with van der Waals surface area (Å²) >= 11 is 0. The van der Waals surface area contributed by atoms with Gasteiger partial charge in [0.1, 0.15) is 5.69 Å². The van der Waals surface area contributed by atoms with E-state index in [1.54, 1.807) is 6.07 Å². The number of rotatable bonds is 2. The smallest absolute Gasteiger partial charge is 0.274 e. The minimum absolute atomic E-state index is 0.000899. The van der Waals surface area contributed by atoms with Crippen molar-refractivity contribution in [1.82, 2.24) is 20.0 Å². The van der Waals surface area contributed by atoms with Crippen LogP contribution >= 0.6 is 0 Å². The van der Waals surface area contributed by atoms with Crippen molar-refractivity contribution < 1.29 is 9.90 Å². The number of nitrogens with zero attached hydrogens (tertiary/aromatic N) is 3. The summed E-state index contributed by atoms with van der Waals surface area (Å²) in [5.41, 5.74) is 1.40. The monoisotopic (exact) mass is 278 g/mol. The summed E-state index contributed by atoms with van der Waals surface area (Å²) in [6.07, 6.45) is 2.91. The maximum Gasteiger partial charge on any atom is 0.274 e. The zero-order chi connectivity index (χ0) is 14.1. The first-order valence-corrected chi connectivity index (χ1v) is 7.38. The molecule has 1 aliphatic heterocycles. The van der Waals surface area contributed by atoms with Crippen LogP contribution in [0.3, 0.4) is 0 Å². The van der Waals surface area contributed by atoms with Gasteiger partial charge < -0.3 is 10.0 Å². The zero-order valence-corrected chi connectivity index (χ0v) is 11.9. The lowest BCUT2D eigenvalue weighted by Gasteiger charge is -2.38. The van der Waals surface area contributed by atoms with Gasteiger partial charge in [-0.3, -0.25) is 14.8 Å². The highest BCUT2D eigenvalue weighted by Crippen LogP contribution is 2.25. The number of aromatic amines is 1. The molecular weight excluding hydrogens is 256 g/mol. The van der Waals surface area contributed by atoms with Crippen LogP contribution in [0.1, 0.15) is 35.4 Å². The van der Waals surface area contributed by atoms with Gasteiger partial charge in [0.2, 0.25) is 0 Å². The standard InChI is InChI=1S/C14H22N4O2/c1-10-9-11(16-15-10)14(20)18-7-5-17(6-8-18)12-3-2-4-13(12)19/h9,12-13,19H,2-8H2,1H3,(H,15,16)/t12-,13-/m1/s1. The van der Waals surface area contributed by atoms with Crippen LogP contribution in [0.15, 0.2) is 6.07 Å². The molecule has 2 heterocycles. The van der Waals surface area contributed by atoms with Crippen LogP contribution < -0.4 is 0 Å². The summed E-state index contributed by atoms with van der Waals surface area (Å²) in [5, 5.41) is 16.8. The van der Waals surface area contributed by atoms with Gasteiger partial charge in [-0.05, 0) is 32.3 Å². The average molecular weight is 278 g/mol. The van der Waals surface area contributed by atoms with Gasteiger partial charge in [0, 0.05) is 37.9 Å². The number of carbonyl (C=O) groups excluding carboxylic acids is 1. The van der Waals surface area contributed by atoms with Crippen molar-refractivity contribution in [2.45, 2.75) is 38.3 Å². The second kappa shape index (κ2) is 5.54. The molecule has 3 rings (SSSR count). The lowest BCUT2D eigenvalue weighted by atomic mass is 10.1. The summed E-state index contributed by atoms with van der Waals surface area (Å²) in [7, 11) is 0. The summed E-state index contributed by atoms with van der Waals surface area (Å²) in [6.45, 7) is 5.01. The summed E-state index contributed by atoms with van der Waals surface area (Å²) in [6, 6.07) is 2.08. The van der Waals surface area contributed by atoms with Crippen molar-refractivity contribution in [3.05, 3.63) is 17.5 Å². The van der Waals surface area contributed by atoms with Crippen LogP contribution in [-0.2, 0) is 0 Å². The highest BCUT2D eigenvalue weighted by molar-refractivity contribution is 5.92. The Hall–Kier alpha value is -1.40. The predicted molar refractivity (Wildman–Crippen MR) is 74.4 cm³/mol. The van der Waals surface area contributed by atoms with Gasteiger partial charge in [-0.15, -0.1) is 0 Å². The third-order valence-electron chi connectivity index (χ3n) is 4.44. The van der Waals surface area contributed by atoms with Gasteiger partial charge in [0.05, 0.1) is 6.10 Å². The number of aliphatic hydroxyl groups is 1. The van der Waals surface area contributed by atoms with Crippen LogP contribution in [0.25, 0.3) is 0 Å². The molecule has 1 saturated carbocycles. The second-order valence-corrected chi connectivity index (χ2v) is 5.83. The second-order valence-electron chi connectivity index (χ2n) is 5.83. The van der Waals surface area contributed by atoms with E-state index in [0.29, 0.717) is 24.8 Å². The van der Waals surface area contributed by atoms with E-state index in [4.69, 9.17) is 0 Å². The number of piperazine rings is 1. The molecule has 2 aliphatic rings. The largest absolute Gasteiger partial charge is 0.391 e. The summed E-state index contributed by atoms with van der Waals surface area (Å²) in [5.74, 6) is 0.000899. The molecule has 1 aromatic rings. The topological polar surface area (TPSA) is 72.5 Å². The molecule has 2 atom stereocenters. The molecular formula is C14H22N4O2. The lowest BCUT2D eigenvalue weighted by molar-refractivity contribution is 0.0313. The summed E-state index contributed by atoms with van der Waals surface area (Å²) in [4.78, 5) is 16.5. The summed E-state index contributed by atoms with van der Waals surface area (Å²) < 4.78 is 0. The van der Waals surface area contributed by atoms with E-state index in [-0.39, 0.29) is 12.0 Å². The van der Waals surface area contributed by atoms with Gasteiger partial charge in [-0.25, -0.2) is 0 Å². The Morgan fingerprint density at radius 2 is 2.10 bits per heavy atom. The lowest BCUT2D eigenvalue weighted by Crippen LogP contribution is -2.53. The van der Waals surface area contributed by atoms with E-state index in [2.05, 4.69) is 15.1 Å². The van der Waals surface area contributed by atoms with Crippen molar-refractivity contribution in [3.8, 4) is 0 Å². The molecule has 2 fully saturated rings. The molecule has 0 unspecified atom stereocenters. The number of hydrogen-bond donors (Lipinski definition) is 2. The molecule has 0 aromatic carbocycles. The first-order chi connectivity index (χ1) is 9.65. The van der Waals surface area contributed by atoms with E-state index in [0.717, 1.165) is 38.0 Å². The maximum atomic E-state index is 12.3. The molecule has 0 spiro atoms. The Balaban J connectivity index is 1.57. The number of hydrogen-bond acceptors (Lipinski definition) is 4. The van der Waals surface area contributed by atoms with E-state index in [9.17, 15) is 9.90 Å². The minimum Gasteiger partial charge on any atom is -0.391 e. The van der Waals surface area contributed by atoms with Gasteiger partial charge in [-0.2, -0.15) is 5.10 Å². The van der Waals surface area contributed by atoms with Crippen LogP contribution in [-0.4, -0.2) is 69.3 Å². The Labute approximate surface area is 118 Å². The maximum absolute atomic E-state index is 12.3. The number of H-pyrrole nitrogens is 1. The quantitative estimate of drug-likeness (QED) is 0.821. The van der Waals surface area contributed by atoms with Crippen molar-refractivity contribution in [1.29, 1.82) is 0 Å². The molecule has 2 N–H and O–H groups in total. The van der Waals surface area contributed by atoms with Gasteiger partial charge in [0.15, 0.2) is 0 Å². The fraction of sp³-hybridized carbons (Fsp3) is 0.714. The van der Waals surface area contributed by atoms with Crippen LogP contribution in [0.5, 0.6) is 0 Å². The molecule has 6 heteroatoms. The molecule has 1 saturated heterocycles. The number of amides is 1. The van der Waals surface area contributed by atoms with E-state index < -0.39 is 0 Å². The molecule has 110 valence electrons. The Morgan fingerprint density at radius 1 is 1.35 bits per heavy atom. The fourth-order valence-electron chi connectivity index (χ4n) is 3.29. The molecule has 1 aliphatic carbocycles. The van der Waals surface area contributed by atoms with E-state index >= 15 is 0 Å². The van der Waals surface area contributed by atoms with Gasteiger partial charge in [0.25, 0.3) is 5.91 Å². The SMILES string of the molecule is Cc1cc(C(=O)N2CCN([C@@H]3CCC[C@H]3O)CC2)n[nH]1. The third kappa shape index (κ3) is 2.58. The van der Waals surface area contributed by atoms with E-state index in [1.165, 1.54) is 0 Å². The fourth-order valence-corrected chi connectivity index (χ4v) is 3.29. The zero-order valence-electron chi connectivity index (χ0n) is 11.9. The van der Waals surface area contributed by atoms with Crippen LogP contribution in [0.2, 0.25) is 0 Å². The molecule has 1 amide bonds. The normalized spacial score (nSPS) is 28.0. The molecule has 20 heavy (non-hydrogen) atoms. The highest BCUT2D eigenvalue weighted by atomic mass is 16.3. The van der Waals surface area contributed by atoms with Gasteiger partial charge >= 0.3 is 0 Å². The molecule has 0 radical (unpaired) electrons. The van der Waals surface area contributed by atoms with Crippen molar-refractivity contribution in [2.75, 3.05) is 26.2 Å². The van der Waals surface area contributed by atoms with E-state index in [1.807, 2.05) is 11.8 Å². The minimum atomic E-state index is -0.189. The molecule has 1 aromatic heterocycles. The predicted octanol–water partition coefficient (Wildman–Crippen LogP) is 0.389. The van der Waals surface area contributed by atoms with Crippen LogP contribution in [0.4, 0.5) is 0 Å². The molecule has 0 bridgehead atoms. The number of aliphatic hydroxyl groups excluding tert-OH is 1. The van der Waals surface area contributed by atoms with Crippen LogP contribution in [0, 0.1) is 6.92 Å². The number of aryl methyl sites for hydroxylation is 1. The average Bonchev–Trinajstić information content (AvgIpc) is 3.07.